The van der Waals surface area contributed by atoms with Crippen molar-refractivity contribution in [3.8, 4) is 0 Å². The van der Waals surface area contributed by atoms with Crippen LogP contribution in [0.2, 0.25) is 0 Å². The van der Waals surface area contributed by atoms with Crippen LogP contribution in [0, 0.1) is 21.4 Å². The van der Waals surface area contributed by atoms with Crippen molar-refractivity contribution in [3.63, 3.8) is 0 Å². The van der Waals surface area contributed by atoms with Crippen LogP contribution in [0.4, 0.5) is 11.4 Å². The maximum Gasteiger partial charge on any atom is 0.293 e. The highest BCUT2D eigenvalue weighted by atomic mass is 79.9. The van der Waals surface area contributed by atoms with Gasteiger partial charge in [0.05, 0.1) is 11.0 Å². The van der Waals surface area contributed by atoms with Crippen molar-refractivity contribution in [2.24, 2.45) is 11.3 Å². The molecule has 1 aliphatic carbocycles. The van der Waals surface area contributed by atoms with Gasteiger partial charge in [-0.2, -0.15) is 0 Å². The third-order valence-corrected chi connectivity index (χ3v) is 5.29. The van der Waals surface area contributed by atoms with E-state index in [2.05, 4.69) is 35.1 Å². The zero-order chi connectivity index (χ0) is 15.2. The van der Waals surface area contributed by atoms with E-state index in [1.807, 2.05) is 6.07 Å². The Balaban J connectivity index is 1.85. The number of nitro groups is 1. The highest BCUT2D eigenvalue weighted by molar-refractivity contribution is 9.10. The lowest BCUT2D eigenvalue weighted by atomic mass is 9.55. The molecule has 0 aromatic heterocycles. The van der Waals surface area contributed by atoms with Gasteiger partial charge in [-0.3, -0.25) is 10.1 Å². The first-order valence-electron chi connectivity index (χ1n) is 7.23. The molecule has 1 heterocycles. The van der Waals surface area contributed by atoms with Crippen molar-refractivity contribution >= 4 is 27.3 Å². The average Bonchev–Trinajstić information content (AvgIpc) is 2.45. The van der Waals surface area contributed by atoms with E-state index in [9.17, 15) is 10.1 Å². The lowest BCUT2D eigenvalue weighted by Gasteiger charge is -2.60. The number of nitrogens with one attached hydrogen (secondary N) is 1. The number of anilines is 1. The maximum atomic E-state index is 11.2. The van der Waals surface area contributed by atoms with Crippen LogP contribution in [0.15, 0.2) is 22.7 Å². The van der Waals surface area contributed by atoms with Gasteiger partial charge in [0.25, 0.3) is 5.69 Å². The number of ether oxygens (including phenoxy) is 1. The third-order valence-electron chi connectivity index (χ3n) is 4.80. The van der Waals surface area contributed by atoms with Gasteiger partial charge < -0.3 is 10.1 Å². The highest BCUT2D eigenvalue weighted by Crippen LogP contribution is 2.52. The number of fused-ring (bicyclic) bond motifs is 1. The number of hydrogen-bond donors (Lipinski definition) is 1. The van der Waals surface area contributed by atoms with E-state index in [4.69, 9.17) is 4.74 Å². The fraction of sp³-hybridized carbons (Fsp3) is 0.600. The molecule has 0 spiro atoms. The fourth-order valence-electron chi connectivity index (χ4n) is 3.76. The summed E-state index contributed by atoms with van der Waals surface area (Å²) < 4.78 is 6.59. The number of rotatable bonds is 3. The van der Waals surface area contributed by atoms with Crippen LogP contribution in [0.25, 0.3) is 0 Å². The summed E-state index contributed by atoms with van der Waals surface area (Å²) >= 11 is 3.29. The lowest BCUT2D eigenvalue weighted by molar-refractivity contribution is -0.384. The smallest absolute Gasteiger partial charge is 0.293 e. The zero-order valence-electron chi connectivity index (χ0n) is 12.1. The van der Waals surface area contributed by atoms with Gasteiger partial charge in [-0.15, -0.1) is 0 Å². The predicted molar refractivity (Wildman–Crippen MR) is 84.5 cm³/mol. The van der Waals surface area contributed by atoms with Gasteiger partial charge in [-0.1, -0.05) is 29.8 Å². The molecule has 1 saturated heterocycles. The summed E-state index contributed by atoms with van der Waals surface area (Å²) in [6.07, 6.45) is 2.45. The summed E-state index contributed by atoms with van der Waals surface area (Å²) in [7, 11) is 0. The van der Waals surface area contributed by atoms with E-state index in [1.165, 1.54) is 0 Å². The molecule has 0 bridgehead atoms. The number of halogens is 1. The molecule has 1 N–H and O–H groups in total. The molecule has 5 nitrogen and oxygen atoms in total. The van der Waals surface area contributed by atoms with Crippen LogP contribution in [0.1, 0.15) is 26.7 Å². The van der Waals surface area contributed by atoms with Crippen LogP contribution in [-0.4, -0.2) is 23.7 Å². The molecule has 0 radical (unpaired) electrons. The molecular formula is C15H19BrN2O3. The molecule has 2 aliphatic rings. The first kappa shape index (κ1) is 14.8. The van der Waals surface area contributed by atoms with Gasteiger partial charge in [-0.25, -0.2) is 0 Å². The molecule has 114 valence electrons. The molecule has 1 aromatic rings. The summed E-state index contributed by atoms with van der Waals surface area (Å²) in [5.41, 5.74) is 0.692. The quantitative estimate of drug-likeness (QED) is 0.658. The Morgan fingerprint density at radius 3 is 2.95 bits per heavy atom. The van der Waals surface area contributed by atoms with Gasteiger partial charge in [-0.05, 0) is 25.0 Å². The second kappa shape index (κ2) is 5.25. The second-order valence-corrected chi connectivity index (χ2v) is 7.38. The number of nitro benzene ring substituents is 1. The SMILES string of the molecule is CC1(C)C(Nc2ccc(Br)cc2[N+](=O)[O-])C2CCCOC21. The van der Waals surface area contributed by atoms with Gasteiger partial charge in [0.15, 0.2) is 0 Å². The van der Waals surface area contributed by atoms with Crippen molar-refractivity contribution in [1.29, 1.82) is 0 Å². The Labute approximate surface area is 132 Å². The largest absolute Gasteiger partial charge is 0.377 e. The molecule has 1 aromatic carbocycles. The molecule has 3 unspecified atom stereocenters. The van der Waals surface area contributed by atoms with Gasteiger partial charge in [0, 0.05) is 34.5 Å². The van der Waals surface area contributed by atoms with Crippen LogP contribution in [0.3, 0.4) is 0 Å². The average molecular weight is 355 g/mol. The first-order valence-corrected chi connectivity index (χ1v) is 8.02. The monoisotopic (exact) mass is 354 g/mol. The summed E-state index contributed by atoms with van der Waals surface area (Å²) in [6, 6.07) is 5.36. The molecule has 3 rings (SSSR count). The van der Waals surface area contributed by atoms with Crippen LogP contribution in [0.5, 0.6) is 0 Å². The van der Waals surface area contributed by atoms with Gasteiger partial charge in [0.1, 0.15) is 5.69 Å². The van der Waals surface area contributed by atoms with Crippen molar-refractivity contribution in [3.05, 3.63) is 32.8 Å². The van der Waals surface area contributed by atoms with Gasteiger partial charge >= 0.3 is 0 Å². The minimum Gasteiger partial charge on any atom is -0.377 e. The molecular weight excluding hydrogens is 336 g/mol. The van der Waals surface area contributed by atoms with E-state index in [-0.39, 0.29) is 28.2 Å². The third kappa shape index (κ3) is 2.44. The summed E-state index contributed by atoms with van der Waals surface area (Å²) in [5.74, 6) is 0.442. The minimum atomic E-state index is -0.340. The molecule has 1 aliphatic heterocycles. The van der Waals surface area contributed by atoms with Gasteiger partial charge in [0.2, 0.25) is 0 Å². The van der Waals surface area contributed by atoms with Crippen molar-refractivity contribution in [2.45, 2.75) is 38.8 Å². The number of nitrogens with zero attached hydrogens (tertiary/aromatic N) is 1. The highest BCUT2D eigenvalue weighted by Gasteiger charge is 2.58. The van der Waals surface area contributed by atoms with E-state index in [0.29, 0.717) is 16.1 Å². The van der Waals surface area contributed by atoms with Crippen LogP contribution < -0.4 is 5.32 Å². The van der Waals surface area contributed by atoms with E-state index in [1.54, 1.807) is 12.1 Å². The standard InChI is InChI=1S/C15H19BrN2O3/c1-15(2)13(10-4-3-7-21-14(10)15)17-11-6-5-9(16)8-12(11)18(19)20/h5-6,8,10,13-14,17H,3-4,7H2,1-2H3. The van der Waals surface area contributed by atoms with E-state index < -0.39 is 0 Å². The van der Waals surface area contributed by atoms with Crippen molar-refractivity contribution in [2.75, 3.05) is 11.9 Å². The predicted octanol–water partition coefficient (Wildman–Crippen LogP) is 3.97. The Hall–Kier alpha value is -1.14. The topological polar surface area (TPSA) is 64.4 Å². The Morgan fingerprint density at radius 2 is 2.24 bits per heavy atom. The Bertz CT molecular complexity index is 576. The second-order valence-electron chi connectivity index (χ2n) is 6.46. The maximum absolute atomic E-state index is 11.2. The summed E-state index contributed by atoms with van der Waals surface area (Å²) in [6.45, 7) is 5.17. The number of hydrogen-bond acceptors (Lipinski definition) is 4. The van der Waals surface area contributed by atoms with E-state index >= 15 is 0 Å². The molecule has 1 saturated carbocycles. The molecule has 0 amide bonds. The zero-order valence-corrected chi connectivity index (χ0v) is 13.7. The van der Waals surface area contributed by atoms with Crippen molar-refractivity contribution in [1.82, 2.24) is 0 Å². The minimum absolute atomic E-state index is 0.00791. The Morgan fingerprint density at radius 1 is 1.48 bits per heavy atom. The summed E-state index contributed by atoms with van der Waals surface area (Å²) in [5, 5.41) is 14.6. The van der Waals surface area contributed by atoms with Crippen LogP contribution in [-0.2, 0) is 4.74 Å². The fourth-order valence-corrected chi connectivity index (χ4v) is 4.11. The first-order chi connectivity index (χ1) is 9.91. The van der Waals surface area contributed by atoms with Crippen molar-refractivity contribution < 1.29 is 9.66 Å². The van der Waals surface area contributed by atoms with E-state index in [0.717, 1.165) is 19.4 Å². The number of benzene rings is 1. The van der Waals surface area contributed by atoms with Crippen LogP contribution >= 0.6 is 15.9 Å². The molecule has 21 heavy (non-hydrogen) atoms. The Kier molecular flexibility index (Phi) is 3.69. The summed E-state index contributed by atoms with van der Waals surface area (Å²) in [4.78, 5) is 10.9. The molecule has 6 heteroatoms. The molecule has 3 atom stereocenters. The lowest BCUT2D eigenvalue weighted by Crippen LogP contribution is -2.67. The molecule has 2 fully saturated rings. The normalized spacial score (nSPS) is 30.1.